The van der Waals surface area contributed by atoms with Crippen molar-refractivity contribution in [2.75, 3.05) is 0 Å². The fraction of sp³-hybridized carbons (Fsp3) is 0.222. The zero-order chi connectivity index (χ0) is 21.3. The van der Waals surface area contributed by atoms with Crippen LogP contribution >= 0.6 is 0 Å². The summed E-state index contributed by atoms with van der Waals surface area (Å²) in [5.41, 5.74) is 4.17. The van der Waals surface area contributed by atoms with Crippen LogP contribution in [-0.4, -0.2) is 36.4 Å². The van der Waals surface area contributed by atoms with Gasteiger partial charge in [0.25, 0.3) is 0 Å². The van der Waals surface area contributed by atoms with Gasteiger partial charge in [0.2, 0.25) is 0 Å². The molecule has 1 amide bonds. The normalized spacial score (nSPS) is 12.2. The van der Waals surface area contributed by atoms with Crippen LogP contribution in [0.2, 0.25) is 0 Å². The Hall–Kier alpha value is -2.58. The van der Waals surface area contributed by atoms with Crippen LogP contribution in [0.25, 0.3) is 0 Å². The third-order valence-corrected chi connectivity index (χ3v) is 6.48. The molecule has 0 aromatic heterocycles. The summed E-state index contributed by atoms with van der Waals surface area (Å²) in [6.45, 7) is 6.28. The first-order valence-electron chi connectivity index (χ1n) is 8.01. The zero-order valence-electron chi connectivity index (χ0n) is 15.8. The van der Waals surface area contributed by atoms with Crippen LogP contribution in [0.4, 0.5) is 0 Å². The molecule has 0 aliphatic heterocycles. The second-order valence-electron chi connectivity index (χ2n) is 5.66. The summed E-state index contributed by atoms with van der Waals surface area (Å²) < 4.78 is 25.4. The number of phenols is 1. The van der Waals surface area contributed by atoms with Crippen molar-refractivity contribution in [1.82, 2.24) is 5.48 Å². The number of ether oxygens (including phenoxy) is 1. The first kappa shape index (κ1) is 23.5. The van der Waals surface area contributed by atoms with E-state index in [0.717, 1.165) is 19.4 Å². The van der Waals surface area contributed by atoms with Crippen LogP contribution in [0.15, 0.2) is 42.5 Å². The number of aryl methyl sites for hydroxylation is 2. The predicted octanol–water partition coefficient (Wildman–Crippen LogP) is 1.75. The third-order valence-electron chi connectivity index (χ3n) is 3.32. The number of rotatable bonds is 5. The van der Waals surface area contributed by atoms with Crippen molar-refractivity contribution in [3.63, 3.8) is 0 Å². The Morgan fingerprint density at radius 1 is 1.04 bits per heavy atom. The number of aromatic hydroxyl groups is 1. The van der Waals surface area contributed by atoms with Gasteiger partial charge in [0.05, 0.1) is 0 Å². The van der Waals surface area contributed by atoms with Crippen molar-refractivity contribution in [3.8, 4) is 11.5 Å². The molecule has 2 rings (SSSR count). The first-order chi connectivity index (χ1) is 13.1. The van der Waals surface area contributed by atoms with Gasteiger partial charge < -0.3 is 5.11 Å². The predicted molar refractivity (Wildman–Crippen MR) is 100 cm³/mol. The third kappa shape index (κ3) is 7.20. The van der Waals surface area contributed by atoms with E-state index in [9.17, 15) is 13.3 Å². The molecular formula is C18H22AsNO8. The molecule has 0 bridgehead atoms. The standard InChI is InChI=1S/C10H12AsNO7.C8H10O/c1-7(13)12-18-11(15,19-16)9-5-3-4-6-10(9)17-8(2)14;1-6-3-4-8(9)5-7(6)2/h3-6,16H,1-2H3,(H,12,13);3-5,9H,1-2H3. The van der Waals surface area contributed by atoms with Crippen LogP contribution in [0.5, 0.6) is 11.5 Å². The second-order valence-corrected chi connectivity index (χ2v) is 9.48. The van der Waals surface area contributed by atoms with E-state index in [0.29, 0.717) is 5.75 Å². The minimum Gasteiger partial charge on any atom is -0.508 e. The number of carbonyl (C=O) groups is 2. The van der Waals surface area contributed by atoms with Crippen molar-refractivity contribution in [3.05, 3.63) is 53.6 Å². The second kappa shape index (κ2) is 10.7. The van der Waals surface area contributed by atoms with E-state index in [1.807, 2.05) is 25.4 Å². The molecule has 2 aromatic rings. The molecule has 0 fully saturated rings. The van der Waals surface area contributed by atoms with Gasteiger partial charge in [0, 0.05) is 0 Å². The van der Waals surface area contributed by atoms with Crippen LogP contribution in [0, 0.1) is 13.8 Å². The molecule has 0 aliphatic rings. The summed E-state index contributed by atoms with van der Waals surface area (Å²) in [5.74, 6) is -1.02. The smallest absolute Gasteiger partial charge is 0.115 e. The van der Waals surface area contributed by atoms with E-state index in [-0.39, 0.29) is 10.1 Å². The van der Waals surface area contributed by atoms with Crippen LogP contribution in [-0.2, 0) is 21.0 Å². The quantitative estimate of drug-likeness (QED) is 0.204. The summed E-state index contributed by atoms with van der Waals surface area (Å²) in [7, 11) is 0. The van der Waals surface area contributed by atoms with E-state index in [4.69, 9.17) is 15.1 Å². The largest absolute Gasteiger partial charge is 0.508 e. The molecule has 0 radical (unpaired) electrons. The van der Waals surface area contributed by atoms with E-state index in [1.165, 1.54) is 29.8 Å². The number of amides is 1. The molecule has 0 saturated heterocycles. The monoisotopic (exact) mass is 455 g/mol. The van der Waals surface area contributed by atoms with Gasteiger partial charge in [-0.05, 0) is 37.1 Å². The fourth-order valence-corrected chi connectivity index (χ4v) is 4.25. The Kier molecular flexibility index (Phi) is 8.94. The van der Waals surface area contributed by atoms with E-state index in [2.05, 4.69) is 7.70 Å². The van der Waals surface area contributed by atoms with Gasteiger partial charge in [-0.3, -0.25) is 0 Å². The van der Waals surface area contributed by atoms with Gasteiger partial charge in [-0.1, -0.05) is 6.07 Å². The topological polar surface area (TPSA) is 131 Å². The molecule has 2 aromatic carbocycles. The molecule has 9 nitrogen and oxygen atoms in total. The van der Waals surface area contributed by atoms with Crippen molar-refractivity contribution in [2.45, 2.75) is 27.7 Å². The summed E-state index contributed by atoms with van der Waals surface area (Å²) >= 11 is -4.96. The molecule has 152 valence electrons. The number of nitrogens with one attached hydrogen (secondary N) is 1. The van der Waals surface area contributed by atoms with Gasteiger partial charge in [-0.25, -0.2) is 0 Å². The number of para-hydroxylation sites is 1. The molecule has 1 atom stereocenters. The Balaban J connectivity index is 0.000000362. The van der Waals surface area contributed by atoms with Crippen LogP contribution < -0.4 is 14.6 Å². The number of esters is 1. The van der Waals surface area contributed by atoms with Gasteiger partial charge in [0.15, 0.2) is 0 Å². The Morgan fingerprint density at radius 2 is 1.68 bits per heavy atom. The number of hydrogen-bond acceptors (Lipinski definition) is 8. The van der Waals surface area contributed by atoms with Gasteiger partial charge >= 0.3 is 111 Å². The van der Waals surface area contributed by atoms with Crippen LogP contribution in [0.1, 0.15) is 25.0 Å². The summed E-state index contributed by atoms with van der Waals surface area (Å²) in [6, 6.07) is 11.0. The Morgan fingerprint density at radius 3 is 2.18 bits per heavy atom. The van der Waals surface area contributed by atoms with Crippen molar-refractivity contribution >= 4 is 30.4 Å². The maximum Gasteiger partial charge on any atom is 0.115 e. The molecule has 0 spiro atoms. The molecule has 3 N–H and O–H groups in total. The van der Waals surface area contributed by atoms with Crippen LogP contribution in [0.3, 0.4) is 0 Å². The maximum absolute atomic E-state index is 12.3. The van der Waals surface area contributed by atoms with Crippen molar-refractivity contribution < 1.29 is 36.1 Å². The Labute approximate surface area is 165 Å². The summed E-state index contributed by atoms with van der Waals surface area (Å²) in [4.78, 5) is 21.7. The van der Waals surface area contributed by atoms with Gasteiger partial charge in [0.1, 0.15) is 5.75 Å². The fourth-order valence-electron chi connectivity index (χ4n) is 1.88. The van der Waals surface area contributed by atoms with Crippen molar-refractivity contribution in [2.24, 2.45) is 0 Å². The number of phenolic OH excluding ortho intramolecular Hbond substituents is 1. The van der Waals surface area contributed by atoms with E-state index >= 15 is 0 Å². The molecule has 0 heterocycles. The molecule has 0 aliphatic carbocycles. The van der Waals surface area contributed by atoms with Crippen molar-refractivity contribution in [1.29, 1.82) is 0 Å². The maximum atomic E-state index is 12.3. The average Bonchev–Trinajstić information content (AvgIpc) is 2.63. The summed E-state index contributed by atoms with van der Waals surface area (Å²) in [5, 5.41) is 17.7. The number of benzene rings is 2. The summed E-state index contributed by atoms with van der Waals surface area (Å²) in [6.07, 6.45) is 0. The molecule has 28 heavy (non-hydrogen) atoms. The average molecular weight is 455 g/mol. The first-order valence-corrected chi connectivity index (χ1v) is 11.3. The SMILES string of the molecule is CC(=O)NO[As](=O)(OO)c1ccccc1OC(C)=O.Cc1ccc(O)cc1C. The molecule has 10 heteroatoms. The minimum absolute atomic E-state index is 0.0862. The number of hydroxylamine groups is 1. The zero-order valence-corrected chi connectivity index (χ0v) is 17.7. The molecule has 1 unspecified atom stereocenters. The van der Waals surface area contributed by atoms with E-state index in [1.54, 1.807) is 12.1 Å². The Bertz CT molecular complexity index is 884. The van der Waals surface area contributed by atoms with E-state index < -0.39 is 26.0 Å². The molecule has 0 saturated carbocycles. The number of carbonyl (C=O) groups excluding carboxylic acids is 2. The van der Waals surface area contributed by atoms with Gasteiger partial charge in [-0.2, -0.15) is 0 Å². The molecular weight excluding hydrogens is 433 g/mol. The minimum atomic E-state index is -4.96. The van der Waals surface area contributed by atoms with Gasteiger partial charge in [-0.15, -0.1) is 0 Å². The number of hydrogen-bond donors (Lipinski definition) is 3.